The topological polar surface area (TPSA) is 15.3 Å². The Bertz CT molecular complexity index is 472. The summed E-state index contributed by atoms with van der Waals surface area (Å²) >= 11 is 8.13. The Balaban J connectivity index is 1.51. The lowest BCUT2D eigenvalue weighted by Gasteiger charge is -2.30. The lowest BCUT2D eigenvalue weighted by molar-refractivity contribution is 0.210. The van der Waals surface area contributed by atoms with Gasteiger partial charge in [0.15, 0.2) is 0 Å². The lowest BCUT2D eigenvalue weighted by atomic mass is 9.93. The monoisotopic (exact) mass is 324 g/mol. The van der Waals surface area contributed by atoms with Gasteiger partial charge in [-0.1, -0.05) is 11.6 Å². The van der Waals surface area contributed by atoms with Gasteiger partial charge in [-0.3, -0.25) is 0 Å². The van der Waals surface area contributed by atoms with Crippen LogP contribution in [0.1, 0.15) is 37.3 Å². The molecule has 1 unspecified atom stereocenters. The van der Waals surface area contributed by atoms with Crippen molar-refractivity contribution in [2.24, 2.45) is 5.92 Å². The van der Waals surface area contributed by atoms with E-state index < -0.39 is 0 Å². The zero-order valence-electron chi connectivity index (χ0n) is 12.8. The molecule has 1 atom stereocenters. The third kappa shape index (κ3) is 4.16. The molecule has 2 aliphatic rings. The summed E-state index contributed by atoms with van der Waals surface area (Å²) in [5.41, 5.74) is 1.40. The largest absolute Gasteiger partial charge is 0.310 e. The van der Waals surface area contributed by atoms with Gasteiger partial charge < -0.3 is 10.2 Å². The molecule has 2 heterocycles. The SMILES string of the molecule is CN1CCC(CCNC2CCSc3ccc(Cl)cc32)CC1. The van der Waals surface area contributed by atoms with Crippen LogP contribution in [0, 0.1) is 5.92 Å². The first-order valence-electron chi connectivity index (χ1n) is 8.06. The van der Waals surface area contributed by atoms with Crippen LogP contribution in [-0.2, 0) is 0 Å². The molecule has 3 rings (SSSR count). The zero-order chi connectivity index (χ0) is 14.7. The second kappa shape index (κ2) is 7.36. The molecule has 0 bridgehead atoms. The summed E-state index contributed by atoms with van der Waals surface area (Å²) in [6, 6.07) is 6.82. The van der Waals surface area contributed by atoms with E-state index in [0.717, 1.165) is 17.5 Å². The molecule has 2 aliphatic heterocycles. The second-order valence-electron chi connectivity index (χ2n) is 6.36. The van der Waals surface area contributed by atoms with Crippen molar-refractivity contribution < 1.29 is 0 Å². The van der Waals surface area contributed by atoms with Crippen LogP contribution in [0.25, 0.3) is 0 Å². The van der Waals surface area contributed by atoms with E-state index in [-0.39, 0.29) is 0 Å². The molecule has 0 aromatic heterocycles. The first-order valence-corrected chi connectivity index (χ1v) is 9.43. The standard InChI is InChI=1S/C17H25ClN2S/c1-20-9-5-13(6-10-20)4-8-19-16-7-11-21-17-3-2-14(18)12-15(16)17/h2-3,12-13,16,19H,4-11H2,1H3. The summed E-state index contributed by atoms with van der Waals surface area (Å²) in [4.78, 5) is 3.85. The van der Waals surface area contributed by atoms with Crippen LogP contribution in [0.15, 0.2) is 23.1 Å². The summed E-state index contributed by atoms with van der Waals surface area (Å²) in [6.07, 6.45) is 5.25. The molecule has 2 nitrogen and oxygen atoms in total. The molecular weight excluding hydrogens is 300 g/mol. The number of piperidine rings is 1. The minimum atomic E-state index is 0.492. The molecule has 0 radical (unpaired) electrons. The number of hydrogen-bond acceptors (Lipinski definition) is 3. The van der Waals surface area contributed by atoms with E-state index in [9.17, 15) is 0 Å². The van der Waals surface area contributed by atoms with Crippen molar-refractivity contribution in [3.05, 3.63) is 28.8 Å². The molecule has 1 aromatic carbocycles. The molecule has 4 heteroatoms. The molecule has 0 aliphatic carbocycles. The Labute approximate surface area is 137 Å². The minimum absolute atomic E-state index is 0.492. The summed E-state index contributed by atoms with van der Waals surface area (Å²) in [5, 5.41) is 4.64. The average Bonchev–Trinajstić information content (AvgIpc) is 2.50. The molecule has 21 heavy (non-hydrogen) atoms. The highest BCUT2D eigenvalue weighted by Gasteiger charge is 2.21. The summed E-state index contributed by atoms with van der Waals surface area (Å²) in [6.45, 7) is 3.67. The minimum Gasteiger partial charge on any atom is -0.310 e. The van der Waals surface area contributed by atoms with Gasteiger partial charge in [0, 0.05) is 16.0 Å². The van der Waals surface area contributed by atoms with E-state index in [0.29, 0.717) is 6.04 Å². The fourth-order valence-electron chi connectivity index (χ4n) is 3.39. The number of fused-ring (bicyclic) bond motifs is 1. The normalized spacial score (nSPS) is 24.0. The Morgan fingerprint density at radius 2 is 2.10 bits per heavy atom. The van der Waals surface area contributed by atoms with Crippen LogP contribution in [0.2, 0.25) is 5.02 Å². The molecule has 1 fully saturated rings. The van der Waals surface area contributed by atoms with E-state index in [4.69, 9.17) is 11.6 Å². The fraction of sp³-hybridized carbons (Fsp3) is 0.647. The quantitative estimate of drug-likeness (QED) is 0.893. The Morgan fingerprint density at radius 3 is 2.90 bits per heavy atom. The van der Waals surface area contributed by atoms with Gasteiger partial charge in [-0.15, -0.1) is 11.8 Å². The Kier molecular flexibility index (Phi) is 5.49. The number of halogens is 1. The van der Waals surface area contributed by atoms with Crippen molar-refractivity contribution in [3.63, 3.8) is 0 Å². The van der Waals surface area contributed by atoms with Gasteiger partial charge in [-0.2, -0.15) is 0 Å². The number of hydrogen-bond donors (Lipinski definition) is 1. The van der Waals surface area contributed by atoms with Crippen LogP contribution in [0.5, 0.6) is 0 Å². The number of rotatable bonds is 4. The van der Waals surface area contributed by atoms with Gasteiger partial charge in [0.25, 0.3) is 0 Å². The molecule has 0 spiro atoms. The molecule has 1 N–H and O–H groups in total. The number of nitrogens with one attached hydrogen (secondary N) is 1. The molecule has 116 valence electrons. The maximum Gasteiger partial charge on any atom is 0.0410 e. The molecule has 0 saturated carbocycles. The number of likely N-dealkylation sites (tertiary alicyclic amines) is 1. The van der Waals surface area contributed by atoms with Gasteiger partial charge in [0.2, 0.25) is 0 Å². The molecule has 0 amide bonds. The zero-order valence-corrected chi connectivity index (χ0v) is 14.3. The first kappa shape index (κ1) is 15.7. The van der Waals surface area contributed by atoms with Gasteiger partial charge >= 0.3 is 0 Å². The van der Waals surface area contributed by atoms with E-state index >= 15 is 0 Å². The van der Waals surface area contributed by atoms with Crippen molar-refractivity contribution >= 4 is 23.4 Å². The Morgan fingerprint density at radius 1 is 1.29 bits per heavy atom. The number of benzene rings is 1. The van der Waals surface area contributed by atoms with Gasteiger partial charge in [-0.05, 0) is 87.8 Å². The summed E-state index contributed by atoms with van der Waals surface area (Å²) < 4.78 is 0. The molecular formula is C17H25ClN2S. The predicted molar refractivity (Wildman–Crippen MR) is 92.4 cm³/mol. The highest BCUT2D eigenvalue weighted by atomic mass is 35.5. The van der Waals surface area contributed by atoms with Crippen molar-refractivity contribution in [2.45, 2.75) is 36.6 Å². The lowest BCUT2D eigenvalue weighted by Crippen LogP contribution is -2.32. The van der Waals surface area contributed by atoms with Gasteiger partial charge in [0.05, 0.1) is 0 Å². The van der Waals surface area contributed by atoms with Crippen molar-refractivity contribution in [3.8, 4) is 0 Å². The number of thioether (sulfide) groups is 1. The maximum atomic E-state index is 6.17. The molecule has 1 aromatic rings. The van der Waals surface area contributed by atoms with Crippen molar-refractivity contribution in [2.75, 3.05) is 32.4 Å². The maximum absolute atomic E-state index is 6.17. The van der Waals surface area contributed by atoms with Crippen LogP contribution in [0.4, 0.5) is 0 Å². The summed E-state index contributed by atoms with van der Waals surface area (Å²) in [5.74, 6) is 2.12. The third-order valence-corrected chi connectivity index (χ3v) is 6.15. The smallest absolute Gasteiger partial charge is 0.0410 e. The predicted octanol–water partition coefficient (Wildman–Crippen LogP) is 4.20. The van der Waals surface area contributed by atoms with Crippen LogP contribution in [0.3, 0.4) is 0 Å². The first-order chi connectivity index (χ1) is 10.2. The molecule has 1 saturated heterocycles. The van der Waals surface area contributed by atoms with E-state index in [1.807, 2.05) is 17.8 Å². The third-order valence-electron chi connectivity index (χ3n) is 4.79. The van der Waals surface area contributed by atoms with Crippen molar-refractivity contribution in [1.29, 1.82) is 0 Å². The van der Waals surface area contributed by atoms with Crippen molar-refractivity contribution in [1.82, 2.24) is 10.2 Å². The van der Waals surface area contributed by atoms with Crippen LogP contribution < -0.4 is 5.32 Å². The van der Waals surface area contributed by atoms with E-state index in [2.05, 4.69) is 29.4 Å². The van der Waals surface area contributed by atoms with Crippen LogP contribution in [-0.4, -0.2) is 37.3 Å². The Hall–Kier alpha value is -0.220. The number of nitrogens with zero attached hydrogens (tertiary/aromatic N) is 1. The van der Waals surface area contributed by atoms with E-state index in [1.54, 1.807) is 0 Å². The van der Waals surface area contributed by atoms with Gasteiger partial charge in [-0.25, -0.2) is 0 Å². The summed E-state index contributed by atoms with van der Waals surface area (Å²) in [7, 11) is 2.23. The average molecular weight is 325 g/mol. The highest BCUT2D eigenvalue weighted by Crippen LogP contribution is 2.37. The van der Waals surface area contributed by atoms with Crippen LogP contribution >= 0.6 is 23.4 Å². The second-order valence-corrected chi connectivity index (χ2v) is 7.93. The highest BCUT2D eigenvalue weighted by molar-refractivity contribution is 7.99. The fourth-order valence-corrected chi connectivity index (χ4v) is 4.68. The van der Waals surface area contributed by atoms with E-state index in [1.165, 1.54) is 55.0 Å². The van der Waals surface area contributed by atoms with Gasteiger partial charge in [0.1, 0.15) is 0 Å².